The summed E-state index contributed by atoms with van der Waals surface area (Å²) in [4.78, 5) is 21.0. The van der Waals surface area contributed by atoms with Crippen LogP contribution in [0.15, 0.2) is 69.1 Å². The second kappa shape index (κ2) is 6.78. The minimum Gasteiger partial charge on any atom is -0.429 e. The Morgan fingerprint density at radius 1 is 1.15 bits per heavy atom. The highest BCUT2D eigenvalue weighted by atomic mass is 35.5. The highest BCUT2D eigenvalue weighted by molar-refractivity contribution is 7.99. The van der Waals surface area contributed by atoms with Crippen LogP contribution in [0, 0.1) is 16.2 Å². The minimum absolute atomic E-state index is 0.0926. The van der Waals surface area contributed by atoms with Gasteiger partial charge in [0, 0.05) is 38.8 Å². The maximum atomic E-state index is 11.2. The summed E-state index contributed by atoms with van der Waals surface area (Å²) in [6.45, 7) is 0. The molecular weight excluding hydrogens is 374 g/mol. The first-order chi connectivity index (χ1) is 12.6. The summed E-state index contributed by atoms with van der Waals surface area (Å²) in [6, 6.07) is 15.2. The Labute approximate surface area is 157 Å². The molecule has 26 heavy (non-hydrogen) atoms. The Balaban J connectivity index is 1.75. The van der Waals surface area contributed by atoms with Crippen molar-refractivity contribution in [2.45, 2.75) is 9.79 Å². The van der Waals surface area contributed by atoms with Gasteiger partial charge in [-0.25, -0.2) is 4.98 Å². The lowest BCUT2D eigenvalue weighted by Crippen LogP contribution is -1.88. The smallest absolute Gasteiger partial charge is 0.315 e. The van der Waals surface area contributed by atoms with Gasteiger partial charge in [-0.3, -0.25) is 15.1 Å². The standard InChI is InChI=1S/C18H9ClN3O3S/c19-12-9-15-17(16(10-12)22(23)24)25-18(21-15)11-2-1-3-14(8-11)26-13-4-6-20-7-5-13/h1,3-10H. The lowest BCUT2D eigenvalue weighted by molar-refractivity contribution is -0.383. The number of aromatic nitrogens is 2. The summed E-state index contributed by atoms with van der Waals surface area (Å²) >= 11 is 7.49. The third-order valence-corrected chi connectivity index (χ3v) is 4.74. The molecule has 0 atom stereocenters. The van der Waals surface area contributed by atoms with Crippen LogP contribution in [0.25, 0.3) is 22.6 Å². The van der Waals surface area contributed by atoms with E-state index in [1.54, 1.807) is 30.2 Å². The molecular formula is C18H9ClN3O3S. The molecule has 2 heterocycles. The molecule has 8 heteroatoms. The number of fused-ring (bicyclic) bond motifs is 1. The van der Waals surface area contributed by atoms with Gasteiger partial charge in [-0.1, -0.05) is 29.4 Å². The molecule has 0 aliphatic heterocycles. The van der Waals surface area contributed by atoms with Gasteiger partial charge >= 0.3 is 5.69 Å². The first-order valence-corrected chi connectivity index (χ1v) is 8.64. The fourth-order valence-electron chi connectivity index (χ4n) is 2.41. The molecule has 2 aromatic carbocycles. The third kappa shape index (κ3) is 3.26. The number of pyridine rings is 1. The predicted octanol–water partition coefficient (Wildman–Crippen LogP) is 5.40. The Morgan fingerprint density at radius 2 is 1.96 bits per heavy atom. The van der Waals surface area contributed by atoms with Crippen LogP contribution in [0.2, 0.25) is 5.02 Å². The van der Waals surface area contributed by atoms with Crippen LogP contribution < -0.4 is 0 Å². The van der Waals surface area contributed by atoms with Crippen LogP contribution in [0.4, 0.5) is 5.69 Å². The molecule has 127 valence electrons. The van der Waals surface area contributed by atoms with E-state index in [1.165, 1.54) is 12.1 Å². The molecule has 4 aromatic rings. The van der Waals surface area contributed by atoms with E-state index >= 15 is 0 Å². The van der Waals surface area contributed by atoms with Crippen LogP contribution >= 0.6 is 23.4 Å². The normalized spacial score (nSPS) is 11.0. The van der Waals surface area contributed by atoms with E-state index in [1.807, 2.05) is 24.3 Å². The summed E-state index contributed by atoms with van der Waals surface area (Å²) in [7, 11) is 0. The van der Waals surface area contributed by atoms with Crippen molar-refractivity contribution in [2.75, 3.05) is 0 Å². The number of nitrogens with zero attached hydrogens (tertiary/aromatic N) is 3. The third-order valence-electron chi connectivity index (χ3n) is 3.52. The summed E-state index contributed by atoms with van der Waals surface area (Å²) in [5.41, 5.74) is 0.814. The van der Waals surface area contributed by atoms with E-state index in [9.17, 15) is 10.1 Å². The van der Waals surface area contributed by atoms with Gasteiger partial charge in [0.2, 0.25) is 11.5 Å². The van der Waals surface area contributed by atoms with Crippen molar-refractivity contribution in [3.63, 3.8) is 0 Å². The largest absolute Gasteiger partial charge is 0.429 e. The number of hydrogen-bond acceptors (Lipinski definition) is 6. The lowest BCUT2D eigenvalue weighted by atomic mass is 10.2. The van der Waals surface area contributed by atoms with Crippen LogP contribution in [0.1, 0.15) is 0 Å². The molecule has 1 radical (unpaired) electrons. The van der Waals surface area contributed by atoms with Gasteiger partial charge in [0.05, 0.1) is 4.92 Å². The van der Waals surface area contributed by atoms with E-state index in [0.717, 1.165) is 9.79 Å². The molecule has 0 saturated heterocycles. The van der Waals surface area contributed by atoms with Crippen molar-refractivity contribution in [2.24, 2.45) is 0 Å². The molecule has 0 aliphatic carbocycles. The fourth-order valence-corrected chi connectivity index (χ4v) is 3.46. The molecule has 0 N–H and O–H groups in total. The number of benzene rings is 2. The molecule has 0 saturated carbocycles. The Bertz CT molecular complexity index is 1120. The van der Waals surface area contributed by atoms with E-state index < -0.39 is 4.92 Å². The number of oxazole rings is 1. The van der Waals surface area contributed by atoms with Gasteiger partial charge in [0.1, 0.15) is 5.52 Å². The molecule has 2 aromatic heterocycles. The van der Waals surface area contributed by atoms with Gasteiger partial charge in [0.15, 0.2) is 0 Å². The highest BCUT2D eigenvalue weighted by Gasteiger charge is 2.20. The average Bonchev–Trinajstić information content (AvgIpc) is 3.06. The SMILES string of the molecule is O=[N+]([O-])c1cc(Cl)cc2nc(-c3[c]ccc(Sc4ccncc4)c3)oc12. The Hall–Kier alpha value is -2.90. The monoisotopic (exact) mass is 382 g/mol. The summed E-state index contributed by atoms with van der Waals surface area (Å²) in [6.07, 6.45) is 3.45. The maximum Gasteiger partial charge on any atom is 0.315 e. The fraction of sp³-hybridized carbons (Fsp3) is 0. The maximum absolute atomic E-state index is 11.2. The predicted molar refractivity (Wildman–Crippen MR) is 98.3 cm³/mol. The molecule has 4 rings (SSSR count). The van der Waals surface area contributed by atoms with Crippen LogP contribution in [-0.4, -0.2) is 14.9 Å². The van der Waals surface area contributed by atoms with Crippen molar-refractivity contribution >= 4 is 40.1 Å². The average molecular weight is 383 g/mol. The number of non-ortho nitro benzene ring substituents is 1. The van der Waals surface area contributed by atoms with Gasteiger partial charge in [-0.05, 0) is 36.4 Å². The van der Waals surface area contributed by atoms with E-state index in [-0.39, 0.29) is 22.2 Å². The minimum atomic E-state index is -0.539. The zero-order valence-electron chi connectivity index (χ0n) is 13.0. The van der Waals surface area contributed by atoms with E-state index in [2.05, 4.69) is 16.0 Å². The van der Waals surface area contributed by atoms with Crippen molar-refractivity contribution in [3.05, 3.63) is 76.1 Å². The molecule has 0 amide bonds. The van der Waals surface area contributed by atoms with Gasteiger partial charge in [-0.2, -0.15) is 0 Å². The second-order valence-electron chi connectivity index (χ2n) is 5.27. The summed E-state index contributed by atoms with van der Waals surface area (Å²) in [5.74, 6) is 0.252. The molecule has 0 spiro atoms. The quantitative estimate of drug-likeness (QED) is 0.347. The summed E-state index contributed by atoms with van der Waals surface area (Å²) < 4.78 is 5.64. The van der Waals surface area contributed by atoms with Crippen LogP contribution in [-0.2, 0) is 0 Å². The number of hydrogen-bond donors (Lipinski definition) is 0. The number of halogens is 1. The molecule has 0 bridgehead atoms. The van der Waals surface area contributed by atoms with Crippen molar-refractivity contribution in [1.29, 1.82) is 0 Å². The van der Waals surface area contributed by atoms with Crippen molar-refractivity contribution in [1.82, 2.24) is 9.97 Å². The van der Waals surface area contributed by atoms with Gasteiger partial charge < -0.3 is 4.42 Å². The summed E-state index contributed by atoms with van der Waals surface area (Å²) in [5, 5.41) is 11.4. The topological polar surface area (TPSA) is 82.1 Å². The molecule has 0 fully saturated rings. The van der Waals surface area contributed by atoms with Gasteiger partial charge in [0.25, 0.3) is 0 Å². The Morgan fingerprint density at radius 3 is 2.73 bits per heavy atom. The Kier molecular flexibility index (Phi) is 4.32. The molecule has 0 unspecified atom stereocenters. The highest BCUT2D eigenvalue weighted by Crippen LogP contribution is 2.35. The first-order valence-electron chi connectivity index (χ1n) is 7.44. The zero-order valence-corrected chi connectivity index (χ0v) is 14.6. The molecule has 6 nitrogen and oxygen atoms in total. The number of nitro groups is 1. The molecule has 0 aliphatic rings. The zero-order chi connectivity index (χ0) is 18.1. The van der Waals surface area contributed by atoms with E-state index in [4.69, 9.17) is 16.0 Å². The van der Waals surface area contributed by atoms with Crippen LogP contribution in [0.5, 0.6) is 0 Å². The van der Waals surface area contributed by atoms with E-state index in [0.29, 0.717) is 11.1 Å². The number of nitro benzene ring substituents is 1. The second-order valence-corrected chi connectivity index (χ2v) is 6.86. The van der Waals surface area contributed by atoms with Crippen LogP contribution in [0.3, 0.4) is 0 Å². The number of rotatable bonds is 4. The van der Waals surface area contributed by atoms with Gasteiger partial charge in [-0.15, -0.1) is 0 Å². The lowest BCUT2D eigenvalue weighted by Gasteiger charge is -2.02. The van der Waals surface area contributed by atoms with Crippen molar-refractivity contribution in [3.8, 4) is 11.5 Å². The van der Waals surface area contributed by atoms with Crippen molar-refractivity contribution < 1.29 is 9.34 Å². The first kappa shape index (κ1) is 16.6.